The number of unbranched alkanes of at least 4 members (excludes halogenated alkanes) is 13. The Morgan fingerprint density at radius 2 is 0.853 bits per heavy atom. The first-order chi connectivity index (χ1) is 33.4. The number of hydrogen-bond acceptors (Lipinski definition) is 9. The second-order valence-corrected chi connectivity index (χ2v) is 17.6. The minimum absolute atomic E-state index is 0.119. The van der Waals surface area contributed by atoms with Crippen molar-refractivity contribution in [3.05, 3.63) is 122 Å². The molecule has 1 heterocycles. The Morgan fingerprint density at radius 3 is 1.28 bits per heavy atom. The van der Waals surface area contributed by atoms with E-state index in [-0.39, 0.29) is 25.6 Å². The zero-order valence-corrected chi connectivity index (χ0v) is 42.6. The summed E-state index contributed by atoms with van der Waals surface area (Å²) < 4.78 is 22.9. The Balaban J connectivity index is 2.22. The average Bonchev–Trinajstić information content (AvgIpc) is 3.34. The van der Waals surface area contributed by atoms with Crippen molar-refractivity contribution in [3.63, 3.8) is 0 Å². The SMILES string of the molecule is CC/C=C\C/C=C\C/C=C\C/C=C\C/C=C\CCCCCCCCCCCCOCC(COC1OC(CO)C(O)C(O)C1O)OC(=O)CCCCC/C=C\C/C=C\C/C=C\C/C=C\C/C=C\CC. The topological polar surface area (TPSA) is 135 Å². The third-order valence-corrected chi connectivity index (χ3v) is 11.4. The molecular weight excluding hydrogens is 853 g/mol. The average molecular weight is 949 g/mol. The van der Waals surface area contributed by atoms with Crippen LogP contribution >= 0.6 is 0 Å². The smallest absolute Gasteiger partial charge is 0.306 e. The first-order valence-electron chi connectivity index (χ1n) is 26.6. The lowest BCUT2D eigenvalue weighted by Gasteiger charge is -2.39. The number of aliphatic hydroxyl groups excluding tert-OH is 4. The van der Waals surface area contributed by atoms with E-state index in [4.69, 9.17) is 18.9 Å². The molecule has 68 heavy (non-hydrogen) atoms. The summed E-state index contributed by atoms with van der Waals surface area (Å²) in [5, 5.41) is 40.3. The van der Waals surface area contributed by atoms with Gasteiger partial charge in [0, 0.05) is 13.0 Å². The van der Waals surface area contributed by atoms with Gasteiger partial charge in [-0.05, 0) is 103 Å². The Kier molecular flexibility index (Phi) is 44.8. The fourth-order valence-electron chi connectivity index (χ4n) is 7.31. The molecule has 0 bridgehead atoms. The first-order valence-corrected chi connectivity index (χ1v) is 26.6. The third kappa shape index (κ3) is 38.4. The molecule has 0 saturated carbocycles. The van der Waals surface area contributed by atoms with Gasteiger partial charge >= 0.3 is 5.97 Å². The van der Waals surface area contributed by atoms with Gasteiger partial charge in [0.2, 0.25) is 0 Å². The maximum Gasteiger partial charge on any atom is 0.306 e. The molecule has 0 aliphatic carbocycles. The van der Waals surface area contributed by atoms with E-state index in [1.165, 1.54) is 44.9 Å². The van der Waals surface area contributed by atoms with Crippen LogP contribution in [0.15, 0.2) is 122 Å². The monoisotopic (exact) mass is 949 g/mol. The summed E-state index contributed by atoms with van der Waals surface area (Å²) in [5.41, 5.74) is 0. The van der Waals surface area contributed by atoms with E-state index in [1.807, 2.05) is 0 Å². The number of aliphatic hydroxyl groups is 4. The van der Waals surface area contributed by atoms with Crippen molar-refractivity contribution in [1.29, 1.82) is 0 Å². The van der Waals surface area contributed by atoms with Crippen LogP contribution in [0.25, 0.3) is 0 Å². The van der Waals surface area contributed by atoms with E-state index < -0.39 is 43.4 Å². The molecule has 0 aromatic rings. The summed E-state index contributed by atoms with van der Waals surface area (Å²) in [4.78, 5) is 12.8. The second kappa shape index (κ2) is 48.6. The highest BCUT2D eigenvalue weighted by molar-refractivity contribution is 5.69. The number of rotatable bonds is 44. The van der Waals surface area contributed by atoms with Crippen molar-refractivity contribution < 1.29 is 44.2 Å². The number of ether oxygens (including phenoxy) is 4. The Bertz CT molecular complexity index is 1450. The molecule has 4 N–H and O–H groups in total. The van der Waals surface area contributed by atoms with Gasteiger partial charge in [0.15, 0.2) is 6.29 Å². The van der Waals surface area contributed by atoms with Crippen molar-refractivity contribution >= 4 is 5.97 Å². The lowest BCUT2D eigenvalue weighted by molar-refractivity contribution is -0.305. The van der Waals surface area contributed by atoms with Gasteiger partial charge in [-0.15, -0.1) is 0 Å². The van der Waals surface area contributed by atoms with E-state index in [9.17, 15) is 25.2 Å². The Labute approximate surface area is 414 Å². The summed E-state index contributed by atoms with van der Waals surface area (Å²) in [6.45, 7) is 4.26. The van der Waals surface area contributed by atoms with Crippen molar-refractivity contribution in [1.82, 2.24) is 0 Å². The summed E-state index contributed by atoms with van der Waals surface area (Å²) in [6.07, 6.45) is 63.7. The van der Waals surface area contributed by atoms with E-state index in [2.05, 4.69) is 135 Å². The molecule has 1 aliphatic heterocycles. The van der Waals surface area contributed by atoms with E-state index in [0.29, 0.717) is 13.0 Å². The Morgan fingerprint density at radius 1 is 0.471 bits per heavy atom. The van der Waals surface area contributed by atoms with Crippen LogP contribution in [0, 0.1) is 0 Å². The quantitative estimate of drug-likeness (QED) is 0.0267. The van der Waals surface area contributed by atoms with Crippen molar-refractivity contribution in [3.8, 4) is 0 Å². The fourth-order valence-corrected chi connectivity index (χ4v) is 7.31. The van der Waals surface area contributed by atoms with E-state index in [0.717, 1.165) is 109 Å². The molecule has 1 fully saturated rings. The molecule has 1 aliphatic rings. The van der Waals surface area contributed by atoms with Crippen LogP contribution in [0.5, 0.6) is 0 Å². The summed E-state index contributed by atoms with van der Waals surface area (Å²) in [6, 6.07) is 0. The highest BCUT2D eigenvalue weighted by atomic mass is 16.7. The molecular formula is C59H96O9. The lowest BCUT2D eigenvalue weighted by atomic mass is 9.99. The van der Waals surface area contributed by atoms with Crippen LogP contribution in [0.3, 0.4) is 0 Å². The number of hydrogen-bond donors (Lipinski definition) is 4. The third-order valence-electron chi connectivity index (χ3n) is 11.4. The van der Waals surface area contributed by atoms with Crippen LogP contribution in [0.1, 0.15) is 181 Å². The summed E-state index contributed by atoms with van der Waals surface area (Å²) in [7, 11) is 0. The molecule has 1 rings (SSSR count). The maximum atomic E-state index is 12.8. The molecule has 0 spiro atoms. The molecule has 9 nitrogen and oxygen atoms in total. The predicted octanol–water partition coefficient (Wildman–Crippen LogP) is 13.5. The van der Waals surface area contributed by atoms with Crippen LogP contribution in [0.2, 0.25) is 0 Å². The van der Waals surface area contributed by atoms with Gasteiger partial charge < -0.3 is 39.4 Å². The Hall–Kier alpha value is -3.41. The molecule has 0 aromatic heterocycles. The zero-order valence-electron chi connectivity index (χ0n) is 42.6. The number of carbonyl (C=O) groups excluding carboxylic acids is 1. The lowest BCUT2D eigenvalue weighted by Crippen LogP contribution is -2.59. The maximum absolute atomic E-state index is 12.8. The van der Waals surface area contributed by atoms with Gasteiger partial charge in [-0.2, -0.15) is 0 Å². The minimum atomic E-state index is -1.55. The predicted molar refractivity (Wildman–Crippen MR) is 283 cm³/mol. The highest BCUT2D eigenvalue weighted by Gasteiger charge is 2.44. The molecule has 1 saturated heterocycles. The fraction of sp³-hybridized carbons (Fsp3) is 0.644. The molecule has 0 amide bonds. The minimum Gasteiger partial charge on any atom is -0.457 e. The van der Waals surface area contributed by atoms with Crippen LogP contribution < -0.4 is 0 Å². The van der Waals surface area contributed by atoms with Crippen LogP contribution in [-0.2, 0) is 23.7 Å². The standard InChI is InChI=1S/C59H96O9/c1-3-5-7-9-11-13-15-17-19-21-23-24-25-26-27-28-29-31-33-35-37-39-41-43-45-47-49-65-51-53(52-66-59-58(64)57(63)56(62)54(50-60)68-59)67-55(61)48-46-44-42-40-38-36-34-32-30-22-20-18-16-14-12-10-8-6-4-2/h5-8,11-14,17-20,23-24,26-27,30,32,36,38,53-54,56-60,62-64H,3-4,9-10,15-16,21-22,25,28-29,31,33-35,37,39-52H2,1-2H3/b7-5-,8-6-,13-11-,14-12-,19-17-,20-18-,24-23-,27-26-,32-30-,38-36-. The van der Waals surface area contributed by atoms with Gasteiger partial charge in [-0.1, -0.05) is 193 Å². The molecule has 6 unspecified atom stereocenters. The van der Waals surface area contributed by atoms with Gasteiger partial charge in [-0.25, -0.2) is 0 Å². The number of carbonyl (C=O) groups is 1. The molecule has 6 atom stereocenters. The molecule has 0 aromatic carbocycles. The second-order valence-electron chi connectivity index (χ2n) is 17.6. The highest BCUT2D eigenvalue weighted by Crippen LogP contribution is 2.22. The van der Waals surface area contributed by atoms with E-state index >= 15 is 0 Å². The van der Waals surface area contributed by atoms with Crippen LogP contribution in [0.4, 0.5) is 0 Å². The van der Waals surface area contributed by atoms with Gasteiger partial charge in [-0.3, -0.25) is 4.79 Å². The van der Waals surface area contributed by atoms with Crippen molar-refractivity contribution in [2.75, 3.05) is 26.4 Å². The molecule has 0 radical (unpaired) electrons. The van der Waals surface area contributed by atoms with Gasteiger partial charge in [0.25, 0.3) is 0 Å². The summed E-state index contributed by atoms with van der Waals surface area (Å²) >= 11 is 0. The normalized spacial score (nSPS) is 20.1. The van der Waals surface area contributed by atoms with Gasteiger partial charge in [0.1, 0.15) is 30.5 Å². The molecule has 386 valence electrons. The van der Waals surface area contributed by atoms with Crippen LogP contribution in [-0.4, -0.2) is 89.6 Å². The number of allylic oxidation sites excluding steroid dienone is 20. The first kappa shape index (κ1) is 62.6. The summed E-state index contributed by atoms with van der Waals surface area (Å²) in [5.74, 6) is -0.351. The van der Waals surface area contributed by atoms with Gasteiger partial charge in [0.05, 0.1) is 19.8 Å². The number of esters is 1. The largest absolute Gasteiger partial charge is 0.457 e. The molecule has 9 heteroatoms. The zero-order chi connectivity index (χ0) is 49.2. The van der Waals surface area contributed by atoms with Crippen molar-refractivity contribution in [2.45, 2.75) is 218 Å². The van der Waals surface area contributed by atoms with Crippen molar-refractivity contribution in [2.24, 2.45) is 0 Å². The van der Waals surface area contributed by atoms with E-state index in [1.54, 1.807) is 0 Å².